The number of aliphatic carboxylic acids is 1. The van der Waals surface area contributed by atoms with Gasteiger partial charge in [-0.2, -0.15) is 0 Å². The second-order valence-corrected chi connectivity index (χ2v) is 5.07. The number of carbonyl (C=O) groups is 2. The fourth-order valence-corrected chi connectivity index (χ4v) is 2.42. The molecule has 0 aromatic heterocycles. The van der Waals surface area contributed by atoms with E-state index in [0.29, 0.717) is 25.8 Å². The quantitative estimate of drug-likeness (QED) is 0.570. The van der Waals surface area contributed by atoms with Crippen LogP contribution >= 0.6 is 0 Å². The zero-order valence-electron chi connectivity index (χ0n) is 10.9. The smallest absolute Gasteiger partial charge is 0.306 e. The van der Waals surface area contributed by atoms with E-state index in [-0.39, 0.29) is 17.9 Å². The number of carboxylic acid groups (broad SMARTS) is 1. The Bertz CT molecular complexity index is 281. The zero-order chi connectivity index (χ0) is 13.4. The third-order valence-electron chi connectivity index (χ3n) is 3.50. The topological polar surface area (TPSA) is 92.4 Å². The highest BCUT2D eigenvalue weighted by Crippen LogP contribution is 2.25. The Kier molecular flexibility index (Phi) is 6.72. The highest BCUT2D eigenvalue weighted by molar-refractivity contribution is 5.76. The average molecular weight is 256 g/mol. The molecule has 0 saturated heterocycles. The lowest BCUT2D eigenvalue weighted by Crippen LogP contribution is -2.33. The van der Waals surface area contributed by atoms with Crippen LogP contribution in [0.2, 0.25) is 0 Å². The third kappa shape index (κ3) is 5.49. The van der Waals surface area contributed by atoms with Gasteiger partial charge >= 0.3 is 5.97 Å². The molecule has 0 bridgehead atoms. The van der Waals surface area contributed by atoms with E-state index < -0.39 is 5.97 Å². The van der Waals surface area contributed by atoms with Crippen LogP contribution in [0.1, 0.15) is 51.4 Å². The molecule has 4 N–H and O–H groups in total. The van der Waals surface area contributed by atoms with E-state index >= 15 is 0 Å². The summed E-state index contributed by atoms with van der Waals surface area (Å²) < 4.78 is 0. The number of hydrogen-bond donors (Lipinski definition) is 3. The van der Waals surface area contributed by atoms with E-state index in [1.807, 2.05) is 0 Å². The number of carbonyl (C=O) groups excluding carboxylic acids is 1. The van der Waals surface area contributed by atoms with Gasteiger partial charge in [0.25, 0.3) is 0 Å². The summed E-state index contributed by atoms with van der Waals surface area (Å²) >= 11 is 0. The summed E-state index contributed by atoms with van der Waals surface area (Å²) in [6, 6.07) is 0.0580. The van der Waals surface area contributed by atoms with Gasteiger partial charge in [0.1, 0.15) is 0 Å². The lowest BCUT2D eigenvalue weighted by molar-refractivity contribution is -0.141. The first-order valence-corrected chi connectivity index (χ1v) is 6.85. The fourth-order valence-electron chi connectivity index (χ4n) is 2.42. The number of amides is 1. The van der Waals surface area contributed by atoms with Gasteiger partial charge in [0, 0.05) is 12.5 Å². The van der Waals surface area contributed by atoms with Gasteiger partial charge in [-0.05, 0) is 38.6 Å². The molecule has 0 aliphatic heterocycles. The van der Waals surface area contributed by atoms with Gasteiger partial charge in [0.15, 0.2) is 0 Å². The van der Waals surface area contributed by atoms with Crippen LogP contribution < -0.4 is 11.1 Å². The van der Waals surface area contributed by atoms with Gasteiger partial charge in [-0.15, -0.1) is 0 Å². The molecule has 0 heterocycles. The highest BCUT2D eigenvalue weighted by Gasteiger charge is 2.30. The van der Waals surface area contributed by atoms with E-state index in [4.69, 9.17) is 10.8 Å². The molecule has 1 aliphatic carbocycles. The second-order valence-electron chi connectivity index (χ2n) is 5.07. The van der Waals surface area contributed by atoms with Crippen molar-refractivity contribution >= 4 is 11.9 Å². The van der Waals surface area contributed by atoms with Crippen LogP contribution in [0.5, 0.6) is 0 Å². The SMILES string of the molecule is NCCCCCCC(=O)NC1CCC(C(=O)O)C1. The number of hydrogen-bond acceptors (Lipinski definition) is 3. The van der Waals surface area contributed by atoms with Crippen LogP contribution in [-0.2, 0) is 9.59 Å². The van der Waals surface area contributed by atoms with Crippen LogP contribution in [0.15, 0.2) is 0 Å². The Labute approximate surface area is 108 Å². The fraction of sp³-hybridized carbons (Fsp3) is 0.846. The van der Waals surface area contributed by atoms with E-state index in [9.17, 15) is 9.59 Å². The van der Waals surface area contributed by atoms with E-state index in [1.54, 1.807) is 0 Å². The van der Waals surface area contributed by atoms with Crippen molar-refractivity contribution < 1.29 is 14.7 Å². The van der Waals surface area contributed by atoms with Crippen molar-refractivity contribution in [3.05, 3.63) is 0 Å². The van der Waals surface area contributed by atoms with Crippen LogP contribution in [0.3, 0.4) is 0 Å². The Morgan fingerprint density at radius 1 is 1.17 bits per heavy atom. The van der Waals surface area contributed by atoms with Crippen molar-refractivity contribution in [3.63, 3.8) is 0 Å². The first-order chi connectivity index (χ1) is 8.63. The largest absolute Gasteiger partial charge is 0.481 e. The average Bonchev–Trinajstić information content (AvgIpc) is 2.77. The minimum absolute atomic E-state index is 0.0544. The van der Waals surface area contributed by atoms with E-state index in [1.165, 1.54) is 0 Å². The summed E-state index contributed by atoms with van der Waals surface area (Å²) in [6.45, 7) is 0.713. The van der Waals surface area contributed by atoms with Crippen molar-refractivity contribution in [1.82, 2.24) is 5.32 Å². The molecule has 5 nitrogen and oxygen atoms in total. The van der Waals surface area contributed by atoms with Crippen molar-refractivity contribution in [2.75, 3.05) is 6.54 Å². The van der Waals surface area contributed by atoms with Gasteiger partial charge < -0.3 is 16.2 Å². The molecule has 2 atom stereocenters. The maximum atomic E-state index is 11.6. The Morgan fingerprint density at radius 2 is 1.89 bits per heavy atom. The van der Waals surface area contributed by atoms with Gasteiger partial charge in [-0.3, -0.25) is 9.59 Å². The molecule has 0 aromatic rings. The molecule has 1 fully saturated rings. The third-order valence-corrected chi connectivity index (χ3v) is 3.50. The molecule has 5 heteroatoms. The molecule has 0 spiro atoms. The Morgan fingerprint density at radius 3 is 2.50 bits per heavy atom. The molecular weight excluding hydrogens is 232 g/mol. The second kappa shape index (κ2) is 8.08. The molecular formula is C13H24N2O3. The summed E-state index contributed by atoms with van der Waals surface area (Å²) in [7, 11) is 0. The van der Waals surface area contributed by atoms with Crippen molar-refractivity contribution in [2.45, 2.75) is 57.4 Å². The first kappa shape index (κ1) is 15.0. The summed E-state index contributed by atoms with van der Waals surface area (Å²) in [5.74, 6) is -0.966. The molecule has 1 aliphatic rings. The van der Waals surface area contributed by atoms with Crippen molar-refractivity contribution in [3.8, 4) is 0 Å². The number of rotatable bonds is 8. The molecule has 2 unspecified atom stereocenters. The van der Waals surface area contributed by atoms with E-state index in [2.05, 4.69) is 5.32 Å². The number of unbranched alkanes of at least 4 members (excludes halogenated alkanes) is 3. The van der Waals surface area contributed by atoms with Crippen molar-refractivity contribution in [1.29, 1.82) is 0 Å². The molecule has 1 amide bonds. The molecule has 0 radical (unpaired) electrons. The maximum Gasteiger partial charge on any atom is 0.306 e. The number of carboxylic acids is 1. The van der Waals surface area contributed by atoms with Crippen molar-refractivity contribution in [2.24, 2.45) is 11.7 Å². The molecule has 104 valence electrons. The Hall–Kier alpha value is -1.10. The highest BCUT2D eigenvalue weighted by atomic mass is 16.4. The first-order valence-electron chi connectivity index (χ1n) is 6.85. The lowest BCUT2D eigenvalue weighted by atomic mass is 10.1. The molecule has 0 aromatic carbocycles. The maximum absolute atomic E-state index is 11.6. The summed E-state index contributed by atoms with van der Waals surface area (Å²) in [5, 5.41) is 11.8. The monoisotopic (exact) mass is 256 g/mol. The van der Waals surface area contributed by atoms with Crippen LogP contribution in [-0.4, -0.2) is 29.6 Å². The van der Waals surface area contributed by atoms with Gasteiger partial charge in [0.2, 0.25) is 5.91 Å². The minimum Gasteiger partial charge on any atom is -0.481 e. The van der Waals surface area contributed by atoms with E-state index in [0.717, 1.165) is 32.1 Å². The summed E-state index contributed by atoms with van der Waals surface area (Å²) in [4.78, 5) is 22.4. The van der Waals surface area contributed by atoms with Crippen LogP contribution in [0, 0.1) is 5.92 Å². The normalized spacial score (nSPS) is 22.9. The summed E-state index contributed by atoms with van der Waals surface area (Å²) in [5.41, 5.74) is 5.39. The van der Waals surface area contributed by atoms with Crippen LogP contribution in [0.25, 0.3) is 0 Å². The minimum atomic E-state index is -0.742. The van der Waals surface area contributed by atoms with Gasteiger partial charge in [0.05, 0.1) is 5.92 Å². The van der Waals surface area contributed by atoms with Gasteiger partial charge in [-0.25, -0.2) is 0 Å². The summed E-state index contributed by atoms with van der Waals surface area (Å²) in [6.07, 6.45) is 6.60. The standard InChI is InChI=1S/C13H24N2O3/c14-8-4-2-1-3-5-12(16)15-11-7-6-10(9-11)13(17)18/h10-11H,1-9,14H2,(H,15,16)(H,17,18). The Balaban J connectivity index is 2.08. The number of nitrogens with two attached hydrogens (primary N) is 1. The zero-order valence-corrected chi connectivity index (χ0v) is 10.9. The predicted molar refractivity (Wildman–Crippen MR) is 69.0 cm³/mol. The predicted octanol–water partition coefficient (Wildman–Crippen LogP) is 1.27. The van der Waals surface area contributed by atoms with Crippen LogP contribution in [0.4, 0.5) is 0 Å². The molecule has 1 rings (SSSR count). The molecule has 18 heavy (non-hydrogen) atoms. The lowest BCUT2D eigenvalue weighted by Gasteiger charge is -2.12. The molecule has 1 saturated carbocycles. The number of nitrogens with one attached hydrogen (secondary N) is 1. The van der Waals surface area contributed by atoms with Gasteiger partial charge in [-0.1, -0.05) is 12.8 Å².